The van der Waals surface area contributed by atoms with Crippen molar-refractivity contribution < 1.29 is 9.53 Å². The van der Waals surface area contributed by atoms with Crippen molar-refractivity contribution in [2.75, 3.05) is 13.7 Å². The first kappa shape index (κ1) is 15.0. The second kappa shape index (κ2) is 7.44. The van der Waals surface area contributed by atoms with Crippen molar-refractivity contribution in [1.29, 1.82) is 0 Å². The second-order valence-corrected chi connectivity index (χ2v) is 5.68. The molecule has 0 heterocycles. The van der Waals surface area contributed by atoms with E-state index in [1.165, 1.54) is 26.4 Å². The molecule has 0 bridgehead atoms. The van der Waals surface area contributed by atoms with Crippen LogP contribution in [0.1, 0.15) is 44.1 Å². The van der Waals surface area contributed by atoms with Crippen molar-refractivity contribution in [3.8, 4) is 0 Å². The number of hydrogen-bond acceptors (Lipinski definition) is 3. The molecular formula is C17H25NO2. The van der Waals surface area contributed by atoms with Gasteiger partial charge in [0.15, 0.2) is 0 Å². The molecule has 1 N–H and O–H groups in total. The molecule has 2 unspecified atom stereocenters. The van der Waals surface area contributed by atoms with Gasteiger partial charge in [-0.15, -0.1) is 0 Å². The van der Waals surface area contributed by atoms with Crippen LogP contribution in [0.2, 0.25) is 0 Å². The van der Waals surface area contributed by atoms with E-state index < -0.39 is 0 Å². The largest absolute Gasteiger partial charge is 0.469 e. The smallest absolute Gasteiger partial charge is 0.314 e. The van der Waals surface area contributed by atoms with E-state index in [9.17, 15) is 4.79 Å². The maximum atomic E-state index is 12.0. The summed E-state index contributed by atoms with van der Waals surface area (Å²) >= 11 is 0. The average molecular weight is 275 g/mol. The van der Waals surface area contributed by atoms with E-state index in [-0.39, 0.29) is 11.9 Å². The van der Waals surface area contributed by atoms with Gasteiger partial charge in [0.05, 0.1) is 13.0 Å². The molecule has 2 rings (SSSR count). The van der Waals surface area contributed by atoms with Crippen LogP contribution in [0.5, 0.6) is 0 Å². The molecule has 0 spiro atoms. The van der Waals surface area contributed by atoms with Gasteiger partial charge in [-0.3, -0.25) is 4.79 Å². The number of benzene rings is 1. The fourth-order valence-corrected chi connectivity index (χ4v) is 2.60. The zero-order valence-electron chi connectivity index (χ0n) is 12.5. The molecule has 20 heavy (non-hydrogen) atoms. The van der Waals surface area contributed by atoms with Crippen molar-refractivity contribution >= 4 is 5.97 Å². The fourth-order valence-electron chi connectivity index (χ4n) is 2.60. The number of nitrogens with one attached hydrogen (secondary N) is 1. The Morgan fingerprint density at radius 1 is 1.35 bits per heavy atom. The molecule has 0 aliphatic heterocycles. The Balaban J connectivity index is 1.94. The van der Waals surface area contributed by atoms with Gasteiger partial charge in [0.1, 0.15) is 0 Å². The standard InChI is InChI=1S/C17H25NO2/c1-3-15(11-13-9-10-13)18-12-16(17(19)20-2)14-7-5-4-6-8-14/h4-8,13,15-16,18H,3,9-12H2,1-2H3. The average Bonchev–Trinajstić information content (AvgIpc) is 3.31. The van der Waals surface area contributed by atoms with E-state index in [1.807, 2.05) is 30.3 Å². The van der Waals surface area contributed by atoms with Crippen LogP contribution in [0.3, 0.4) is 0 Å². The van der Waals surface area contributed by atoms with Crippen molar-refractivity contribution in [3.05, 3.63) is 35.9 Å². The molecule has 3 nitrogen and oxygen atoms in total. The first-order valence-corrected chi connectivity index (χ1v) is 7.60. The van der Waals surface area contributed by atoms with Crippen LogP contribution in [0.25, 0.3) is 0 Å². The highest BCUT2D eigenvalue weighted by Crippen LogP contribution is 2.34. The fraction of sp³-hybridized carbons (Fsp3) is 0.588. The molecule has 3 heteroatoms. The molecule has 0 amide bonds. The summed E-state index contributed by atoms with van der Waals surface area (Å²) in [6.07, 6.45) is 5.09. The number of rotatable bonds is 8. The lowest BCUT2D eigenvalue weighted by atomic mass is 9.98. The summed E-state index contributed by atoms with van der Waals surface area (Å²) in [5.74, 6) is 0.528. The van der Waals surface area contributed by atoms with E-state index in [0.29, 0.717) is 12.6 Å². The number of ether oxygens (including phenoxy) is 1. The lowest BCUT2D eigenvalue weighted by molar-refractivity contribution is -0.142. The molecular weight excluding hydrogens is 250 g/mol. The maximum absolute atomic E-state index is 12.0. The predicted molar refractivity (Wildman–Crippen MR) is 80.6 cm³/mol. The highest BCUT2D eigenvalue weighted by Gasteiger charge is 2.26. The minimum absolute atomic E-state index is 0.162. The molecule has 1 aliphatic carbocycles. The number of esters is 1. The maximum Gasteiger partial charge on any atom is 0.314 e. The van der Waals surface area contributed by atoms with Crippen LogP contribution in [0.15, 0.2) is 30.3 Å². The Labute approximate surface area is 121 Å². The zero-order chi connectivity index (χ0) is 14.4. The SMILES string of the molecule is CCC(CC1CC1)NCC(C(=O)OC)c1ccccc1. The first-order chi connectivity index (χ1) is 9.74. The molecule has 0 aromatic heterocycles. The summed E-state index contributed by atoms with van der Waals surface area (Å²) in [4.78, 5) is 12.0. The van der Waals surface area contributed by atoms with Gasteiger partial charge in [0.2, 0.25) is 0 Å². The van der Waals surface area contributed by atoms with Gasteiger partial charge in [-0.1, -0.05) is 50.1 Å². The summed E-state index contributed by atoms with van der Waals surface area (Å²) in [5.41, 5.74) is 1.02. The highest BCUT2D eigenvalue weighted by atomic mass is 16.5. The van der Waals surface area contributed by atoms with Crippen molar-refractivity contribution in [1.82, 2.24) is 5.32 Å². The second-order valence-electron chi connectivity index (χ2n) is 5.68. The van der Waals surface area contributed by atoms with Gasteiger partial charge in [-0.2, -0.15) is 0 Å². The molecule has 1 saturated carbocycles. The number of methoxy groups -OCH3 is 1. The molecule has 1 aromatic carbocycles. The highest BCUT2D eigenvalue weighted by molar-refractivity contribution is 5.78. The van der Waals surface area contributed by atoms with E-state index >= 15 is 0 Å². The van der Waals surface area contributed by atoms with Crippen LogP contribution in [0, 0.1) is 5.92 Å². The zero-order valence-corrected chi connectivity index (χ0v) is 12.5. The monoisotopic (exact) mass is 275 g/mol. The number of carbonyl (C=O) groups is 1. The van der Waals surface area contributed by atoms with Gasteiger partial charge >= 0.3 is 5.97 Å². The van der Waals surface area contributed by atoms with Crippen LogP contribution >= 0.6 is 0 Å². The molecule has 2 atom stereocenters. The third kappa shape index (κ3) is 4.34. The molecule has 0 saturated heterocycles. The lowest BCUT2D eigenvalue weighted by Crippen LogP contribution is -2.35. The van der Waals surface area contributed by atoms with Crippen LogP contribution < -0.4 is 5.32 Å². The van der Waals surface area contributed by atoms with Crippen molar-refractivity contribution in [2.45, 2.75) is 44.6 Å². The normalized spacial score (nSPS) is 17.5. The van der Waals surface area contributed by atoms with E-state index in [0.717, 1.165) is 17.9 Å². The van der Waals surface area contributed by atoms with Gasteiger partial charge in [0.25, 0.3) is 0 Å². The minimum atomic E-state index is -0.213. The van der Waals surface area contributed by atoms with Gasteiger partial charge in [0, 0.05) is 12.6 Å². The van der Waals surface area contributed by atoms with Crippen LogP contribution in [-0.2, 0) is 9.53 Å². The Hall–Kier alpha value is -1.35. The summed E-state index contributed by atoms with van der Waals surface area (Å²) in [7, 11) is 1.46. The van der Waals surface area contributed by atoms with E-state index in [4.69, 9.17) is 4.74 Å². The summed E-state index contributed by atoms with van der Waals surface area (Å²) in [6, 6.07) is 10.4. The first-order valence-electron chi connectivity index (χ1n) is 7.60. The Morgan fingerprint density at radius 2 is 2.05 bits per heavy atom. The lowest BCUT2D eigenvalue weighted by Gasteiger charge is -2.21. The summed E-state index contributed by atoms with van der Waals surface area (Å²) in [6.45, 7) is 2.86. The van der Waals surface area contributed by atoms with Crippen LogP contribution in [-0.4, -0.2) is 25.7 Å². The number of carbonyl (C=O) groups excluding carboxylic acids is 1. The molecule has 1 aliphatic rings. The molecule has 0 radical (unpaired) electrons. The summed E-state index contributed by atoms with van der Waals surface area (Å²) in [5, 5.41) is 3.55. The Kier molecular flexibility index (Phi) is 5.60. The molecule has 1 fully saturated rings. The Bertz CT molecular complexity index is 414. The minimum Gasteiger partial charge on any atom is -0.469 e. The van der Waals surface area contributed by atoms with Crippen molar-refractivity contribution in [3.63, 3.8) is 0 Å². The van der Waals surface area contributed by atoms with Crippen LogP contribution in [0.4, 0.5) is 0 Å². The Morgan fingerprint density at radius 3 is 2.60 bits per heavy atom. The third-order valence-electron chi connectivity index (χ3n) is 4.11. The molecule has 110 valence electrons. The predicted octanol–water partition coefficient (Wildman–Crippen LogP) is 3.11. The van der Waals surface area contributed by atoms with Gasteiger partial charge in [-0.25, -0.2) is 0 Å². The van der Waals surface area contributed by atoms with E-state index in [1.54, 1.807) is 0 Å². The van der Waals surface area contributed by atoms with Gasteiger partial charge < -0.3 is 10.1 Å². The van der Waals surface area contributed by atoms with Crippen molar-refractivity contribution in [2.24, 2.45) is 5.92 Å². The third-order valence-corrected chi connectivity index (χ3v) is 4.11. The van der Waals surface area contributed by atoms with E-state index in [2.05, 4.69) is 12.2 Å². The number of hydrogen-bond donors (Lipinski definition) is 1. The molecule has 1 aromatic rings. The summed E-state index contributed by atoms with van der Waals surface area (Å²) < 4.78 is 4.95. The quantitative estimate of drug-likeness (QED) is 0.741. The van der Waals surface area contributed by atoms with Gasteiger partial charge in [-0.05, 0) is 24.3 Å². The topological polar surface area (TPSA) is 38.3 Å².